The van der Waals surface area contributed by atoms with Crippen LogP contribution in [0.2, 0.25) is 0 Å². The molecule has 1 amide bonds. The summed E-state index contributed by atoms with van der Waals surface area (Å²) in [5.41, 5.74) is 0. The predicted molar refractivity (Wildman–Crippen MR) is 252 cm³/mol. The van der Waals surface area contributed by atoms with Gasteiger partial charge in [-0.3, -0.25) is 13.8 Å². The van der Waals surface area contributed by atoms with Crippen molar-refractivity contribution in [3.8, 4) is 0 Å². The van der Waals surface area contributed by atoms with Gasteiger partial charge >= 0.3 is 7.82 Å². The van der Waals surface area contributed by atoms with E-state index >= 15 is 0 Å². The minimum Gasteiger partial charge on any atom is -0.393 e. The fourth-order valence-corrected chi connectivity index (χ4v) is 8.29. The second kappa shape index (κ2) is 38.1. The zero-order valence-electron chi connectivity index (χ0n) is 38.7. The third-order valence-corrected chi connectivity index (χ3v) is 12.3. The standard InChI is InChI=1S/C49H88NO12P/c1-3-5-7-9-11-13-15-17-19-21-22-24-26-28-30-32-34-36-40(51)38-43(53)50-41(39-61-63(59,60)62-49-47(57)45(55)44(54)46(56)48(49)58)42(52)37-35-33-31-29-27-25-23-20-18-16-14-12-10-8-6-4-2/h11,13,15,17-18,20,27,29,35,37,40-42,44-49,51-52,54-58H,3-10,12,14,16,19,21-26,28,30-34,36,38-39H2,1-2H3,(H,50,53)(H,59,60)/b13-11-,17-15-,20-18+,29-27+,37-35+. The van der Waals surface area contributed by atoms with Gasteiger partial charge in [0.05, 0.1) is 31.3 Å². The first-order valence-corrected chi connectivity index (χ1v) is 25.8. The quantitative estimate of drug-likeness (QED) is 0.0123. The maximum Gasteiger partial charge on any atom is 0.472 e. The number of phosphoric ester groups is 1. The van der Waals surface area contributed by atoms with Crippen molar-refractivity contribution >= 4 is 13.7 Å². The van der Waals surface area contributed by atoms with Crippen LogP contribution in [0.15, 0.2) is 60.8 Å². The van der Waals surface area contributed by atoms with Crippen LogP contribution >= 0.6 is 7.82 Å². The van der Waals surface area contributed by atoms with Gasteiger partial charge in [-0.2, -0.15) is 0 Å². The number of amides is 1. The summed E-state index contributed by atoms with van der Waals surface area (Å²) in [6.45, 7) is 3.68. The summed E-state index contributed by atoms with van der Waals surface area (Å²) in [5.74, 6) is -0.614. The molecule has 1 aliphatic carbocycles. The molecule has 14 heteroatoms. The second-order valence-electron chi connectivity index (χ2n) is 17.1. The summed E-state index contributed by atoms with van der Waals surface area (Å²) in [4.78, 5) is 23.5. The highest BCUT2D eigenvalue weighted by molar-refractivity contribution is 7.47. The molecule has 0 heterocycles. The number of unbranched alkanes of at least 4 members (excludes halogenated alkanes) is 19. The topological polar surface area (TPSA) is 226 Å². The van der Waals surface area contributed by atoms with E-state index in [1.165, 1.54) is 89.5 Å². The lowest BCUT2D eigenvalue weighted by atomic mass is 9.85. The van der Waals surface area contributed by atoms with E-state index in [1.807, 2.05) is 0 Å². The Kier molecular flexibility index (Phi) is 35.7. The van der Waals surface area contributed by atoms with Crippen molar-refractivity contribution in [1.29, 1.82) is 0 Å². The van der Waals surface area contributed by atoms with Gasteiger partial charge in [-0.05, 0) is 70.6 Å². The number of allylic oxidation sites excluding steroid dienone is 9. The molecule has 1 saturated carbocycles. The Hall–Kier alpha value is -2.00. The minimum absolute atomic E-state index is 0.263. The van der Waals surface area contributed by atoms with E-state index in [1.54, 1.807) is 6.08 Å². The lowest BCUT2D eigenvalue weighted by Gasteiger charge is -2.41. The Bertz CT molecular complexity index is 1310. The van der Waals surface area contributed by atoms with Crippen LogP contribution < -0.4 is 5.32 Å². The van der Waals surface area contributed by atoms with Gasteiger partial charge in [-0.25, -0.2) is 4.57 Å². The summed E-state index contributed by atoms with van der Waals surface area (Å²) < 4.78 is 22.9. The Morgan fingerprint density at radius 1 is 0.571 bits per heavy atom. The summed E-state index contributed by atoms with van der Waals surface area (Å²) in [7, 11) is -5.16. The first-order chi connectivity index (χ1) is 30.3. The van der Waals surface area contributed by atoms with Gasteiger partial charge in [0.2, 0.25) is 5.91 Å². The number of carbonyl (C=O) groups is 1. The van der Waals surface area contributed by atoms with E-state index in [0.29, 0.717) is 19.3 Å². The third-order valence-electron chi connectivity index (χ3n) is 11.3. The summed E-state index contributed by atoms with van der Waals surface area (Å²) in [5, 5.41) is 74.5. The molecule has 0 aromatic heterocycles. The zero-order valence-corrected chi connectivity index (χ0v) is 39.6. The maximum atomic E-state index is 13.0. The van der Waals surface area contributed by atoms with E-state index in [4.69, 9.17) is 9.05 Å². The van der Waals surface area contributed by atoms with Crippen molar-refractivity contribution in [1.82, 2.24) is 5.32 Å². The number of aliphatic hydroxyl groups is 7. The minimum atomic E-state index is -5.16. The molecule has 1 rings (SSSR count). The molecule has 0 aliphatic heterocycles. The lowest BCUT2D eigenvalue weighted by Crippen LogP contribution is -2.64. The Morgan fingerprint density at radius 3 is 1.52 bits per heavy atom. The van der Waals surface area contributed by atoms with Crippen molar-refractivity contribution in [3.63, 3.8) is 0 Å². The fraction of sp³-hybridized carbons (Fsp3) is 0.776. The smallest absolute Gasteiger partial charge is 0.393 e. The van der Waals surface area contributed by atoms with E-state index in [2.05, 4.69) is 67.8 Å². The van der Waals surface area contributed by atoms with E-state index in [0.717, 1.165) is 57.8 Å². The number of aliphatic hydroxyl groups excluding tert-OH is 7. The van der Waals surface area contributed by atoms with Crippen LogP contribution in [0.25, 0.3) is 0 Å². The molecule has 8 unspecified atom stereocenters. The number of carbonyl (C=O) groups excluding carboxylic acids is 1. The molecule has 0 bridgehead atoms. The van der Waals surface area contributed by atoms with Gasteiger partial charge in [0, 0.05) is 0 Å². The van der Waals surface area contributed by atoms with Crippen molar-refractivity contribution in [2.24, 2.45) is 0 Å². The summed E-state index contributed by atoms with van der Waals surface area (Å²) in [6.07, 6.45) is 33.0. The molecule has 63 heavy (non-hydrogen) atoms. The molecular formula is C49H88NO12P. The van der Waals surface area contributed by atoms with Crippen molar-refractivity contribution in [2.45, 2.75) is 236 Å². The van der Waals surface area contributed by atoms with Crippen LogP contribution in [-0.2, 0) is 18.4 Å². The van der Waals surface area contributed by atoms with Crippen molar-refractivity contribution in [3.05, 3.63) is 60.8 Å². The Balaban J connectivity index is 2.57. The number of hydrogen-bond donors (Lipinski definition) is 9. The second-order valence-corrected chi connectivity index (χ2v) is 18.6. The molecule has 9 N–H and O–H groups in total. The fourth-order valence-electron chi connectivity index (χ4n) is 7.32. The monoisotopic (exact) mass is 914 g/mol. The molecule has 0 saturated heterocycles. The highest BCUT2D eigenvalue weighted by atomic mass is 31.2. The molecule has 8 atom stereocenters. The van der Waals surface area contributed by atoms with Gasteiger partial charge in [-0.1, -0.05) is 164 Å². The largest absolute Gasteiger partial charge is 0.472 e. The number of phosphoric acid groups is 1. The van der Waals surface area contributed by atoms with Crippen LogP contribution in [0.4, 0.5) is 0 Å². The zero-order chi connectivity index (χ0) is 46.6. The third kappa shape index (κ3) is 30.0. The van der Waals surface area contributed by atoms with Gasteiger partial charge < -0.3 is 46.0 Å². The van der Waals surface area contributed by atoms with Gasteiger partial charge in [0.15, 0.2) is 0 Å². The molecule has 0 spiro atoms. The van der Waals surface area contributed by atoms with E-state index in [9.17, 15) is 50.0 Å². The molecule has 1 aliphatic rings. The molecule has 1 fully saturated rings. The number of rotatable bonds is 39. The van der Waals surface area contributed by atoms with Gasteiger partial charge in [-0.15, -0.1) is 0 Å². The molecule has 366 valence electrons. The SMILES string of the molecule is CCCCC/C=C\C=C/CCCCCCCCCCC(O)CC(=O)NC(COP(=O)(O)OC1C(O)C(O)C(O)C(O)C1O)C(O)/C=C/CC/C=C/CC/C=C/CCCCCCCC. The van der Waals surface area contributed by atoms with Crippen LogP contribution in [0.5, 0.6) is 0 Å². The van der Waals surface area contributed by atoms with E-state index in [-0.39, 0.29) is 6.42 Å². The summed E-state index contributed by atoms with van der Waals surface area (Å²) >= 11 is 0. The van der Waals surface area contributed by atoms with Crippen LogP contribution in [0.1, 0.15) is 181 Å². The van der Waals surface area contributed by atoms with Crippen LogP contribution in [0, 0.1) is 0 Å². The normalized spacial score (nSPS) is 23.4. The summed E-state index contributed by atoms with van der Waals surface area (Å²) in [6, 6.07) is -1.27. The first kappa shape index (κ1) is 59.0. The molecule has 0 radical (unpaired) electrons. The number of hydrogen-bond acceptors (Lipinski definition) is 11. The molecule has 0 aromatic carbocycles. The number of nitrogens with one attached hydrogen (secondary N) is 1. The average Bonchev–Trinajstić information content (AvgIpc) is 3.26. The van der Waals surface area contributed by atoms with Crippen LogP contribution in [-0.4, -0.2) is 108 Å². The highest BCUT2D eigenvalue weighted by Crippen LogP contribution is 2.47. The maximum absolute atomic E-state index is 13.0. The van der Waals surface area contributed by atoms with Crippen LogP contribution in [0.3, 0.4) is 0 Å². The molecular weight excluding hydrogens is 826 g/mol. The van der Waals surface area contributed by atoms with E-state index < -0.39 is 75.2 Å². The predicted octanol–water partition coefficient (Wildman–Crippen LogP) is 8.48. The van der Waals surface area contributed by atoms with Crippen molar-refractivity contribution in [2.75, 3.05) is 6.61 Å². The van der Waals surface area contributed by atoms with Gasteiger partial charge in [0.1, 0.15) is 36.6 Å². The molecule has 13 nitrogen and oxygen atoms in total. The van der Waals surface area contributed by atoms with Gasteiger partial charge in [0.25, 0.3) is 0 Å². The Morgan fingerprint density at radius 2 is 0.984 bits per heavy atom. The average molecular weight is 914 g/mol. The molecule has 0 aromatic rings. The Labute approximate surface area is 380 Å². The highest BCUT2D eigenvalue weighted by Gasteiger charge is 2.51. The first-order valence-electron chi connectivity index (χ1n) is 24.3. The van der Waals surface area contributed by atoms with Crippen molar-refractivity contribution < 1.29 is 59.0 Å². The lowest BCUT2D eigenvalue weighted by molar-refractivity contribution is -0.220.